The summed E-state index contributed by atoms with van der Waals surface area (Å²) in [6, 6.07) is 17.8. The van der Waals surface area contributed by atoms with Crippen molar-refractivity contribution in [3.63, 3.8) is 0 Å². The Kier molecular flexibility index (Phi) is 6.80. The van der Waals surface area contributed by atoms with Crippen LogP contribution in [0.5, 0.6) is 0 Å². The van der Waals surface area contributed by atoms with Crippen LogP contribution in [-0.4, -0.2) is 37.0 Å². The van der Waals surface area contributed by atoms with Gasteiger partial charge in [-0.15, -0.1) is 4.72 Å². The molecule has 5 rings (SSSR count). The first-order valence-corrected chi connectivity index (χ1v) is 12.6. The van der Waals surface area contributed by atoms with Crippen LogP contribution in [0.3, 0.4) is 0 Å². The lowest BCUT2D eigenvalue weighted by molar-refractivity contribution is 0.579. The molecule has 0 amide bonds. The first-order valence-electron chi connectivity index (χ1n) is 11.4. The Hall–Kier alpha value is -3.66. The second-order valence-electron chi connectivity index (χ2n) is 8.25. The SMILES string of the molecule is Cc1ccc(-c2nc3occn3c2-c2ccnc(NCCCN[S+]([O-])c3ccc(C)cc3)n2)cc1. The van der Waals surface area contributed by atoms with Crippen LogP contribution in [0.15, 0.2) is 82.6 Å². The molecule has 2 N–H and O–H groups in total. The summed E-state index contributed by atoms with van der Waals surface area (Å²) in [4.78, 5) is 14.6. The number of aromatic nitrogens is 4. The van der Waals surface area contributed by atoms with Crippen molar-refractivity contribution in [3.8, 4) is 22.6 Å². The summed E-state index contributed by atoms with van der Waals surface area (Å²) >= 11 is -1.22. The highest BCUT2D eigenvalue weighted by Crippen LogP contribution is 2.32. The zero-order valence-electron chi connectivity index (χ0n) is 19.6. The number of hydrogen-bond acceptors (Lipinski definition) is 7. The Bertz CT molecular complexity index is 1410. The van der Waals surface area contributed by atoms with Crippen molar-refractivity contribution in [2.24, 2.45) is 0 Å². The van der Waals surface area contributed by atoms with Crippen LogP contribution >= 0.6 is 0 Å². The Balaban J connectivity index is 1.26. The lowest BCUT2D eigenvalue weighted by Crippen LogP contribution is -2.26. The predicted molar refractivity (Wildman–Crippen MR) is 137 cm³/mol. The van der Waals surface area contributed by atoms with Crippen LogP contribution in [0, 0.1) is 13.8 Å². The fraction of sp³-hybridized carbons (Fsp3) is 0.192. The zero-order chi connectivity index (χ0) is 24.2. The molecule has 3 aromatic heterocycles. The smallest absolute Gasteiger partial charge is 0.306 e. The van der Waals surface area contributed by atoms with E-state index in [1.54, 1.807) is 12.5 Å². The molecule has 0 bridgehead atoms. The highest BCUT2D eigenvalue weighted by Gasteiger charge is 2.19. The minimum atomic E-state index is -1.22. The van der Waals surface area contributed by atoms with Crippen LogP contribution in [0.2, 0.25) is 0 Å². The number of benzene rings is 2. The van der Waals surface area contributed by atoms with Gasteiger partial charge in [0.15, 0.2) is 4.90 Å². The molecule has 5 aromatic rings. The lowest BCUT2D eigenvalue weighted by Gasteiger charge is -2.11. The molecule has 3 heterocycles. The van der Waals surface area contributed by atoms with Gasteiger partial charge in [-0.25, -0.2) is 9.97 Å². The first-order chi connectivity index (χ1) is 17.1. The average molecular weight is 487 g/mol. The fourth-order valence-electron chi connectivity index (χ4n) is 3.72. The van der Waals surface area contributed by atoms with Crippen molar-refractivity contribution in [1.29, 1.82) is 0 Å². The fourth-order valence-corrected chi connectivity index (χ4v) is 4.60. The number of imidazole rings is 1. The van der Waals surface area contributed by atoms with Crippen molar-refractivity contribution in [1.82, 2.24) is 24.1 Å². The molecular formula is C26H26N6O2S. The van der Waals surface area contributed by atoms with Gasteiger partial charge in [-0.3, -0.25) is 4.40 Å². The van der Waals surface area contributed by atoms with Gasteiger partial charge in [0, 0.05) is 31.0 Å². The van der Waals surface area contributed by atoms with Crippen LogP contribution < -0.4 is 10.0 Å². The standard InChI is InChI=1S/C26H26N6O2S/c1-18-4-8-20(9-5-18)23-24(32-16-17-34-26(32)31-23)22-12-15-28-25(30-22)27-13-3-14-29-35(33)21-10-6-19(2)7-11-21/h4-12,15-17,29H,3,13-14H2,1-2H3,(H,27,28,30). The van der Waals surface area contributed by atoms with E-state index in [-0.39, 0.29) is 0 Å². The van der Waals surface area contributed by atoms with Gasteiger partial charge in [-0.05, 0) is 38.5 Å². The van der Waals surface area contributed by atoms with Crippen molar-refractivity contribution >= 4 is 23.2 Å². The Morgan fingerprint density at radius 2 is 1.69 bits per heavy atom. The molecule has 0 saturated heterocycles. The molecule has 9 heteroatoms. The number of nitrogens with one attached hydrogen (secondary N) is 2. The van der Waals surface area contributed by atoms with Gasteiger partial charge in [-0.2, -0.15) is 4.98 Å². The summed E-state index contributed by atoms with van der Waals surface area (Å²) in [7, 11) is 0. The molecule has 35 heavy (non-hydrogen) atoms. The molecule has 0 fully saturated rings. The van der Waals surface area contributed by atoms with Gasteiger partial charge in [-0.1, -0.05) is 47.5 Å². The molecule has 178 valence electrons. The largest absolute Gasteiger partial charge is 0.593 e. The zero-order valence-corrected chi connectivity index (χ0v) is 20.4. The summed E-state index contributed by atoms with van der Waals surface area (Å²) in [5.74, 6) is 1.03. The average Bonchev–Trinajstić information content (AvgIpc) is 3.46. The molecule has 0 spiro atoms. The van der Waals surface area contributed by atoms with Gasteiger partial charge in [0.2, 0.25) is 5.95 Å². The molecule has 1 atom stereocenters. The number of oxazole rings is 1. The predicted octanol–water partition coefficient (Wildman–Crippen LogP) is 4.78. The van der Waals surface area contributed by atoms with E-state index in [2.05, 4.69) is 51.2 Å². The van der Waals surface area contributed by atoms with Gasteiger partial charge in [0.1, 0.15) is 17.7 Å². The van der Waals surface area contributed by atoms with Crippen LogP contribution in [0.25, 0.3) is 28.5 Å². The molecule has 8 nitrogen and oxygen atoms in total. The third-order valence-electron chi connectivity index (χ3n) is 5.59. The van der Waals surface area contributed by atoms with Gasteiger partial charge in [0.05, 0.1) is 17.1 Å². The van der Waals surface area contributed by atoms with Crippen molar-refractivity contribution in [3.05, 3.63) is 84.4 Å². The first kappa shape index (κ1) is 23.1. The van der Waals surface area contributed by atoms with Gasteiger partial charge >= 0.3 is 5.84 Å². The second-order valence-corrected chi connectivity index (χ2v) is 9.55. The number of fused-ring (bicyclic) bond motifs is 1. The molecule has 0 saturated carbocycles. The van der Waals surface area contributed by atoms with Crippen LogP contribution in [-0.2, 0) is 11.4 Å². The number of rotatable bonds is 9. The quantitative estimate of drug-likeness (QED) is 0.228. The van der Waals surface area contributed by atoms with E-state index in [0.717, 1.165) is 39.5 Å². The van der Waals surface area contributed by atoms with Crippen LogP contribution in [0.4, 0.5) is 5.95 Å². The molecule has 0 aliphatic carbocycles. The van der Waals surface area contributed by atoms with Crippen molar-refractivity contribution in [2.45, 2.75) is 25.2 Å². The van der Waals surface area contributed by atoms with E-state index in [1.807, 2.05) is 47.9 Å². The summed E-state index contributed by atoms with van der Waals surface area (Å²) in [6.45, 7) is 5.31. The van der Waals surface area contributed by atoms with Gasteiger partial charge in [0.25, 0.3) is 0 Å². The summed E-state index contributed by atoms with van der Waals surface area (Å²) < 4.78 is 22.9. The normalized spacial score (nSPS) is 12.2. The minimum Gasteiger partial charge on any atom is -0.593 e. The number of aryl methyl sites for hydroxylation is 2. The topological polar surface area (TPSA) is 103 Å². The highest BCUT2D eigenvalue weighted by atomic mass is 32.2. The monoisotopic (exact) mass is 486 g/mol. The van der Waals surface area contributed by atoms with Crippen molar-refractivity contribution in [2.75, 3.05) is 18.4 Å². The van der Waals surface area contributed by atoms with Crippen molar-refractivity contribution < 1.29 is 8.97 Å². The number of nitrogens with zero attached hydrogens (tertiary/aromatic N) is 4. The molecule has 1 unspecified atom stereocenters. The molecule has 2 aromatic carbocycles. The maximum atomic E-state index is 12.4. The number of anilines is 1. The molecule has 0 aliphatic heterocycles. The lowest BCUT2D eigenvalue weighted by atomic mass is 10.1. The highest BCUT2D eigenvalue weighted by molar-refractivity contribution is 7.89. The van der Waals surface area contributed by atoms with E-state index in [9.17, 15) is 4.55 Å². The second kappa shape index (κ2) is 10.3. The third kappa shape index (κ3) is 5.22. The maximum absolute atomic E-state index is 12.4. The van der Waals surface area contributed by atoms with E-state index in [1.165, 1.54) is 5.56 Å². The number of hydrogen-bond donors (Lipinski definition) is 2. The summed E-state index contributed by atoms with van der Waals surface area (Å²) in [6.07, 6.45) is 5.94. The third-order valence-corrected chi connectivity index (χ3v) is 6.76. The molecule has 0 aliphatic rings. The Labute approximate surface area is 206 Å². The molecule has 0 radical (unpaired) electrons. The Morgan fingerprint density at radius 1 is 0.943 bits per heavy atom. The van der Waals surface area contributed by atoms with E-state index < -0.39 is 11.4 Å². The summed E-state index contributed by atoms with van der Waals surface area (Å²) in [5, 5.41) is 3.26. The van der Waals surface area contributed by atoms with Crippen LogP contribution in [0.1, 0.15) is 17.5 Å². The van der Waals surface area contributed by atoms with E-state index >= 15 is 0 Å². The Morgan fingerprint density at radius 3 is 2.46 bits per heavy atom. The summed E-state index contributed by atoms with van der Waals surface area (Å²) in [5.41, 5.74) is 5.71. The van der Waals surface area contributed by atoms with Gasteiger partial charge < -0.3 is 14.3 Å². The van der Waals surface area contributed by atoms with E-state index in [4.69, 9.17) is 9.40 Å². The minimum absolute atomic E-state index is 0.511. The maximum Gasteiger partial charge on any atom is 0.306 e. The molecular weight excluding hydrogens is 460 g/mol. The van der Waals surface area contributed by atoms with E-state index in [0.29, 0.717) is 24.9 Å².